The van der Waals surface area contributed by atoms with E-state index in [0.29, 0.717) is 0 Å². The van der Waals surface area contributed by atoms with Crippen molar-refractivity contribution in [2.75, 3.05) is 0 Å². The molecule has 0 aliphatic heterocycles. The summed E-state index contributed by atoms with van der Waals surface area (Å²) in [4.78, 5) is 1.12. The lowest BCUT2D eigenvalue weighted by molar-refractivity contribution is 0.282. The summed E-state index contributed by atoms with van der Waals surface area (Å²) in [6.07, 6.45) is 0. The molecule has 0 saturated carbocycles. The number of aryl methyl sites for hydroxylation is 1. The van der Waals surface area contributed by atoms with Crippen molar-refractivity contribution in [3.05, 3.63) is 65.0 Å². The van der Waals surface area contributed by atoms with Crippen LogP contribution in [0.2, 0.25) is 0 Å². The number of hydrogen-bond acceptors (Lipinski definition) is 2. The Kier molecular flexibility index (Phi) is 4.39. The Bertz CT molecular complexity index is 523. The first-order chi connectivity index (χ1) is 8.69. The van der Waals surface area contributed by atoms with Crippen molar-refractivity contribution in [2.24, 2.45) is 0 Å². The van der Waals surface area contributed by atoms with Crippen LogP contribution in [-0.2, 0) is 12.4 Å². The van der Waals surface area contributed by atoms with Gasteiger partial charge in [-0.25, -0.2) is 4.39 Å². The van der Waals surface area contributed by atoms with Crippen LogP contribution < -0.4 is 0 Å². The van der Waals surface area contributed by atoms with Gasteiger partial charge in [-0.1, -0.05) is 18.2 Å². The van der Waals surface area contributed by atoms with Crippen LogP contribution in [0.1, 0.15) is 16.7 Å². The van der Waals surface area contributed by atoms with Crippen molar-refractivity contribution in [1.29, 1.82) is 0 Å². The third-order valence-electron chi connectivity index (χ3n) is 2.81. The van der Waals surface area contributed by atoms with Gasteiger partial charge >= 0.3 is 0 Å². The second-order valence-electron chi connectivity index (χ2n) is 4.16. The number of aliphatic hydroxyl groups is 1. The van der Waals surface area contributed by atoms with Crippen LogP contribution in [0.4, 0.5) is 4.39 Å². The van der Waals surface area contributed by atoms with Gasteiger partial charge in [0.2, 0.25) is 0 Å². The van der Waals surface area contributed by atoms with Crippen LogP contribution in [-0.4, -0.2) is 5.11 Å². The number of aliphatic hydroxyl groups excluding tert-OH is 1. The molecule has 0 heterocycles. The maximum absolute atomic E-state index is 13.1. The minimum Gasteiger partial charge on any atom is -0.392 e. The van der Waals surface area contributed by atoms with Gasteiger partial charge in [-0.15, -0.1) is 11.8 Å². The third-order valence-corrected chi connectivity index (χ3v) is 3.87. The predicted molar refractivity (Wildman–Crippen MR) is 73.1 cm³/mol. The zero-order valence-corrected chi connectivity index (χ0v) is 11.0. The molecule has 0 spiro atoms. The summed E-state index contributed by atoms with van der Waals surface area (Å²) >= 11 is 1.67. The smallest absolute Gasteiger partial charge is 0.123 e. The Morgan fingerprint density at radius 1 is 1.11 bits per heavy atom. The van der Waals surface area contributed by atoms with E-state index < -0.39 is 0 Å². The van der Waals surface area contributed by atoms with Crippen LogP contribution in [0.5, 0.6) is 0 Å². The first kappa shape index (κ1) is 13.1. The van der Waals surface area contributed by atoms with Gasteiger partial charge in [0.25, 0.3) is 0 Å². The summed E-state index contributed by atoms with van der Waals surface area (Å²) in [5.41, 5.74) is 3.03. The normalized spacial score (nSPS) is 10.6. The Morgan fingerprint density at radius 3 is 2.50 bits per heavy atom. The fraction of sp³-hybridized carbons (Fsp3) is 0.200. The van der Waals surface area contributed by atoms with E-state index in [9.17, 15) is 4.39 Å². The molecule has 3 heteroatoms. The molecule has 0 bridgehead atoms. The van der Waals surface area contributed by atoms with E-state index in [-0.39, 0.29) is 12.4 Å². The summed E-state index contributed by atoms with van der Waals surface area (Å²) in [5, 5.41) is 8.95. The van der Waals surface area contributed by atoms with E-state index in [1.807, 2.05) is 31.2 Å². The second kappa shape index (κ2) is 6.03. The number of thioether (sulfide) groups is 1. The largest absolute Gasteiger partial charge is 0.392 e. The molecular formula is C15H15FOS. The summed E-state index contributed by atoms with van der Waals surface area (Å²) in [6, 6.07) is 12.6. The molecule has 0 atom stereocenters. The summed E-state index contributed by atoms with van der Waals surface area (Å²) in [5.74, 6) is 0.564. The first-order valence-electron chi connectivity index (χ1n) is 5.76. The second-order valence-corrected chi connectivity index (χ2v) is 5.21. The van der Waals surface area contributed by atoms with Gasteiger partial charge in [-0.05, 0) is 47.9 Å². The van der Waals surface area contributed by atoms with E-state index in [0.717, 1.165) is 27.3 Å². The lowest BCUT2D eigenvalue weighted by Gasteiger charge is -2.06. The molecule has 1 N–H and O–H groups in total. The maximum atomic E-state index is 13.1. The average Bonchev–Trinajstić information content (AvgIpc) is 2.40. The highest BCUT2D eigenvalue weighted by Gasteiger charge is 2.02. The molecule has 2 rings (SSSR count). The molecular weight excluding hydrogens is 247 g/mol. The SMILES string of the molecule is Cc1ccc(F)cc1CSc1ccc(CO)cc1. The number of rotatable bonds is 4. The van der Waals surface area contributed by atoms with Crippen molar-refractivity contribution in [3.63, 3.8) is 0 Å². The highest BCUT2D eigenvalue weighted by Crippen LogP contribution is 2.25. The highest BCUT2D eigenvalue weighted by atomic mass is 32.2. The topological polar surface area (TPSA) is 20.2 Å². The molecule has 18 heavy (non-hydrogen) atoms. The predicted octanol–water partition coefficient (Wildman–Crippen LogP) is 3.92. The average molecular weight is 262 g/mol. The minimum absolute atomic E-state index is 0.0634. The fourth-order valence-corrected chi connectivity index (χ4v) is 2.61. The van der Waals surface area contributed by atoms with E-state index in [4.69, 9.17) is 5.11 Å². The lowest BCUT2D eigenvalue weighted by atomic mass is 10.1. The van der Waals surface area contributed by atoms with Crippen LogP contribution in [0.15, 0.2) is 47.4 Å². The highest BCUT2D eigenvalue weighted by molar-refractivity contribution is 7.98. The fourth-order valence-electron chi connectivity index (χ4n) is 1.65. The molecule has 1 nitrogen and oxygen atoms in total. The zero-order chi connectivity index (χ0) is 13.0. The van der Waals surface area contributed by atoms with Crippen LogP contribution in [0.25, 0.3) is 0 Å². The van der Waals surface area contributed by atoms with Gasteiger partial charge in [0.1, 0.15) is 5.82 Å². The quantitative estimate of drug-likeness (QED) is 0.843. The molecule has 0 aliphatic rings. The molecule has 0 fully saturated rings. The van der Waals surface area contributed by atoms with E-state index in [1.54, 1.807) is 23.9 Å². The lowest BCUT2D eigenvalue weighted by Crippen LogP contribution is -1.88. The van der Waals surface area contributed by atoms with Gasteiger partial charge in [-0.3, -0.25) is 0 Å². The van der Waals surface area contributed by atoms with Crippen molar-refractivity contribution in [3.8, 4) is 0 Å². The molecule has 0 radical (unpaired) electrons. The molecule has 0 unspecified atom stereocenters. The van der Waals surface area contributed by atoms with E-state index >= 15 is 0 Å². The Hall–Kier alpha value is -1.32. The van der Waals surface area contributed by atoms with Crippen molar-refractivity contribution >= 4 is 11.8 Å². The standard InChI is InChI=1S/C15H15FOS/c1-11-2-5-14(16)8-13(11)10-18-15-6-3-12(9-17)4-7-15/h2-8,17H,9-10H2,1H3. The van der Waals surface area contributed by atoms with Crippen molar-refractivity contribution in [2.45, 2.75) is 24.2 Å². The molecule has 2 aromatic rings. The Labute approximate surface area is 111 Å². The Morgan fingerprint density at radius 2 is 1.83 bits per heavy atom. The molecule has 0 saturated heterocycles. The molecule has 2 aromatic carbocycles. The molecule has 0 aliphatic carbocycles. The van der Waals surface area contributed by atoms with Crippen LogP contribution in [0, 0.1) is 12.7 Å². The van der Waals surface area contributed by atoms with E-state index in [1.165, 1.54) is 6.07 Å². The summed E-state index contributed by atoms with van der Waals surface area (Å²) in [6.45, 7) is 2.05. The minimum atomic E-state index is -0.188. The van der Waals surface area contributed by atoms with Crippen LogP contribution >= 0.6 is 11.8 Å². The van der Waals surface area contributed by atoms with Gasteiger partial charge < -0.3 is 5.11 Å². The summed E-state index contributed by atoms with van der Waals surface area (Å²) in [7, 11) is 0. The molecule has 0 amide bonds. The number of halogens is 1. The monoisotopic (exact) mass is 262 g/mol. The van der Waals surface area contributed by atoms with Gasteiger partial charge in [-0.2, -0.15) is 0 Å². The number of benzene rings is 2. The van der Waals surface area contributed by atoms with Gasteiger partial charge in [0, 0.05) is 10.6 Å². The Balaban J connectivity index is 2.04. The first-order valence-corrected chi connectivity index (χ1v) is 6.75. The zero-order valence-electron chi connectivity index (χ0n) is 10.2. The maximum Gasteiger partial charge on any atom is 0.123 e. The van der Waals surface area contributed by atoms with Gasteiger partial charge in [0.05, 0.1) is 6.61 Å². The molecule has 0 aromatic heterocycles. The van der Waals surface area contributed by atoms with Gasteiger partial charge in [0.15, 0.2) is 0 Å². The van der Waals surface area contributed by atoms with Crippen molar-refractivity contribution < 1.29 is 9.50 Å². The van der Waals surface area contributed by atoms with E-state index in [2.05, 4.69) is 0 Å². The van der Waals surface area contributed by atoms with Crippen LogP contribution in [0.3, 0.4) is 0 Å². The molecule has 94 valence electrons. The number of hydrogen-bond donors (Lipinski definition) is 1. The van der Waals surface area contributed by atoms with Crippen molar-refractivity contribution in [1.82, 2.24) is 0 Å². The third kappa shape index (κ3) is 3.34. The summed E-state index contributed by atoms with van der Waals surface area (Å²) < 4.78 is 13.1.